The number of ether oxygens (including phenoxy) is 2. The van der Waals surface area contributed by atoms with Crippen LogP contribution in [0.4, 0.5) is 0 Å². The second-order valence-corrected chi connectivity index (χ2v) is 3.43. The highest BCUT2D eigenvalue weighted by Gasteiger charge is 2.22. The molecule has 0 saturated carbocycles. The first-order valence-electron chi connectivity index (χ1n) is 5.32. The molecule has 0 radical (unpaired) electrons. The van der Waals surface area contributed by atoms with Gasteiger partial charge in [-0.2, -0.15) is 0 Å². The van der Waals surface area contributed by atoms with Crippen LogP contribution in [0.15, 0.2) is 0 Å². The van der Waals surface area contributed by atoms with Crippen molar-refractivity contribution in [3.8, 4) is 0 Å². The minimum absolute atomic E-state index is 0.0822. The molecular weight excluding hydrogens is 182 g/mol. The van der Waals surface area contributed by atoms with Crippen LogP contribution in [0.5, 0.6) is 0 Å². The first-order chi connectivity index (χ1) is 6.84. The van der Waals surface area contributed by atoms with Crippen LogP contribution in [0.1, 0.15) is 26.2 Å². The van der Waals surface area contributed by atoms with E-state index in [0.29, 0.717) is 13.2 Å². The highest BCUT2D eigenvalue weighted by atomic mass is 16.6. The van der Waals surface area contributed by atoms with E-state index < -0.39 is 0 Å². The number of nitrogens with one attached hydrogen (secondary N) is 1. The Morgan fingerprint density at radius 3 is 2.93 bits per heavy atom. The van der Waals surface area contributed by atoms with Crippen molar-refractivity contribution in [2.45, 2.75) is 32.2 Å². The third-order valence-electron chi connectivity index (χ3n) is 2.17. The van der Waals surface area contributed by atoms with Crippen molar-refractivity contribution in [1.29, 1.82) is 0 Å². The summed E-state index contributed by atoms with van der Waals surface area (Å²) in [6.07, 6.45) is 2.96. The highest BCUT2D eigenvalue weighted by molar-refractivity contribution is 5.76. The Bertz CT molecular complexity index is 167. The fraction of sp³-hybridized carbons (Fsp3) is 0.900. The van der Waals surface area contributed by atoms with Crippen LogP contribution in [0.2, 0.25) is 0 Å². The number of carbonyl (C=O) groups excluding carboxylic acids is 1. The van der Waals surface area contributed by atoms with Crippen LogP contribution < -0.4 is 5.32 Å². The molecule has 0 spiro atoms. The van der Waals surface area contributed by atoms with Gasteiger partial charge in [-0.25, -0.2) is 0 Å². The van der Waals surface area contributed by atoms with E-state index in [1.807, 2.05) is 0 Å². The van der Waals surface area contributed by atoms with Gasteiger partial charge < -0.3 is 14.8 Å². The van der Waals surface area contributed by atoms with Crippen molar-refractivity contribution in [1.82, 2.24) is 5.32 Å². The Morgan fingerprint density at radius 1 is 1.43 bits per heavy atom. The van der Waals surface area contributed by atoms with Crippen molar-refractivity contribution >= 4 is 5.97 Å². The van der Waals surface area contributed by atoms with Crippen LogP contribution in [-0.2, 0) is 14.3 Å². The summed E-state index contributed by atoms with van der Waals surface area (Å²) in [6, 6.07) is -0.0822. The molecule has 1 atom stereocenters. The third kappa shape index (κ3) is 4.07. The molecule has 1 aliphatic rings. The van der Waals surface area contributed by atoms with Gasteiger partial charge in [0.15, 0.2) is 0 Å². The lowest BCUT2D eigenvalue weighted by Crippen LogP contribution is -2.33. The Morgan fingerprint density at radius 2 is 2.29 bits per heavy atom. The van der Waals surface area contributed by atoms with Gasteiger partial charge in [0.25, 0.3) is 0 Å². The van der Waals surface area contributed by atoms with Gasteiger partial charge in [-0.05, 0) is 25.8 Å². The third-order valence-corrected chi connectivity index (χ3v) is 2.17. The maximum Gasteiger partial charge on any atom is 0.323 e. The van der Waals surface area contributed by atoms with Crippen molar-refractivity contribution in [3.63, 3.8) is 0 Å². The summed E-state index contributed by atoms with van der Waals surface area (Å²) in [7, 11) is 0. The van der Waals surface area contributed by atoms with Crippen LogP contribution in [-0.4, -0.2) is 38.4 Å². The summed E-state index contributed by atoms with van der Waals surface area (Å²) in [5.41, 5.74) is 0. The molecule has 0 bridgehead atoms. The van der Waals surface area contributed by atoms with Crippen LogP contribution >= 0.6 is 0 Å². The molecule has 1 heterocycles. The van der Waals surface area contributed by atoms with E-state index in [-0.39, 0.29) is 12.0 Å². The van der Waals surface area contributed by atoms with Crippen molar-refractivity contribution in [3.05, 3.63) is 0 Å². The maximum absolute atomic E-state index is 11.3. The van der Waals surface area contributed by atoms with Gasteiger partial charge in [0.05, 0.1) is 6.61 Å². The number of rotatable bonds is 6. The smallest absolute Gasteiger partial charge is 0.323 e. The van der Waals surface area contributed by atoms with Crippen molar-refractivity contribution < 1.29 is 14.3 Å². The quantitative estimate of drug-likeness (QED) is 0.508. The first-order valence-corrected chi connectivity index (χ1v) is 5.32. The average molecular weight is 201 g/mol. The molecule has 0 unspecified atom stereocenters. The topological polar surface area (TPSA) is 47.6 Å². The highest BCUT2D eigenvalue weighted by Crippen LogP contribution is 2.06. The van der Waals surface area contributed by atoms with Gasteiger partial charge >= 0.3 is 5.97 Å². The van der Waals surface area contributed by atoms with Crippen LogP contribution in [0.3, 0.4) is 0 Å². The summed E-state index contributed by atoms with van der Waals surface area (Å²) >= 11 is 0. The van der Waals surface area contributed by atoms with Gasteiger partial charge in [0.1, 0.15) is 12.6 Å². The number of esters is 1. The normalized spacial score (nSPS) is 21.1. The van der Waals surface area contributed by atoms with E-state index in [2.05, 4.69) is 12.2 Å². The zero-order chi connectivity index (χ0) is 10.2. The van der Waals surface area contributed by atoms with Crippen molar-refractivity contribution in [2.75, 3.05) is 26.4 Å². The molecule has 4 nitrogen and oxygen atoms in total. The van der Waals surface area contributed by atoms with E-state index in [4.69, 9.17) is 9.47 Å². The summed E-state index contributed by atoms with van der Waals surface area (Å²) in [6.45, 7) is 4.59. The number of hydrogen-bond donors (Lipinski definition) is 1. The SMILES string of the molecule is CCCOCCOC(=O)[C@@H]1CCCN1. The zero-order valence-corrected chi connectivity index (χ0v) is 8.75. The van der Waals surface area contributed by atoms with Gasteiger partial charge in [0.2, 0.25) is 0 Å². The molecule has 0 aromatic rings. The molecule has 1 rings (SSSR count). The van der Waals surface area contributed by atoms with Gasteiger partial charge in [0, 0.05) is 6.61 Å². The summed E-state index contributed by atoms with van der Waals surface area (Å²) in [4.78, 5) is 11.3. The number of hydrogen-bond acceptors (Lipinski definition) is 4. The molecule has 0 aromatic heterocycles. The summed E-state index contributed by atoms with van der Waals surface area (Å²) in [5.74, 6) is -0.136. The zero-order valence-electron chi connectivity index (χ0n) is 8.75. The first kappa shape index (κ1) is 11.5. The van der Waals surface area contributed by atoms with E-state index in [1.54, 1.807) is 0 Å². The molecule has 1 saturated heterocycles. The lowest BCUT2D eigenvalue weighted by Gasteiger charge is -2.10. The standard InChI is InChI=1S/C10H19NO3/c1-2-6-13-7-8-14-10(12)9-4-3-5-11-9/h9,11H,2-8H2,1H3/t9-/m0/s1. The lowest BCUT2D eigenvalue weighted by atomic mass is 10.2. The monoisotopic (exact) mass is 201 g/mol. The lowest BCUT2D eigenvalue weighted by molar-refractivity contribution is -0.147. The second kappa shape index (κ2) is 6.79. The van der Waals surface area contributed by atoms with Gasteiger partial charge in [-0.1, -0.05) is 6.92 Å². The predicted molar refractivity (Wildman–Crippen MR) is 53.1 cm³/mol. The maximum atomic E-state index is 11.3. The molecule has 1 N–H and O–H groups in total. The summed E-state index contributed by atoms with van der Waals surface area (Å²) < 4.78 is 10.2. The van der Waals surface area contributed by atoms with Crippen LogP contribution in [0.25, 0.3) is 0 Å². The molecule has 1 aliphatic heterocycles. The fourth-order valence-corrected chi connectivity index (χ4v) is 1.43. The number of carbonyl (C=O) groups is 1. The predicted octanol–water partition coefficient (Wildman–Crippen LogP) is 0.708. The molecule has 82 valence electrons. The van der Waals surface area contributed by atoms with Crippen LogP contribution in [0, 0.1) is 0 Å². The Hall–Kier alpha value is -0.610. The molecule has 4 heteroatoms. The average Bonchev–Trinajstić information content (AvgIpc) is 2.70. The molecule has 14 heavy (non-hydrogen) atoms. The van der Waals surface area contributed by atoms with E-state index in [0.717, 1.165) is 32.4 Å². The molecule has 1 fully saturated rings. The van der Waals surface area contributed by atoms with Gasteiger partial charge in [-0.15, -0.1) is 0 Å². The molecule has 0 amide bonds. The fourth-order valence-electron chi connectivity index (χ4n) is 1.43. The molecular formula is C10H19NO3. The van der Waals surface area contributed by atoms with E-state index in [1.165, 1.54) is 0 Å². The Labute approximate surface area is 85.0 Å². The minimum atomic E-state index is -0.136. The minimum Gasteiger partial charge on any atom is -0.462 e. The van der Waals surface area contributed by atoms with E-state index in [9.17, 15) is 4.79 Å². The summed E-state index contributed by atoms with van der Waals surface area (Å²) in [5, 5.41) is 3.09. The Balaban J connectivity index is 1.97. The van der Waals surface area contributed by atoms with Crippen molar-refractivity contribution in [2.24, 2.45) is 0 Å². The van der Waals surface area contributed by atoms with Gasteiger partial charge in [-0.3, -0.25) is 4.79 Å². The largest absolute Gasteiger partial charge is 0.462 e. The molecule has 0 aromatic carbocycles. The second-order valence-electron chi connectivity index (χ2n) is 3.43. The Kier molecular flexibility index (Phi) is 5.56. The van der Waals surface area contributed by atoms with E-state index >= 15 is 0 Å². The molecule has 0 aliphatic carbocycles.